The van der Waals surface area contributed by atoms with Crippen LogP contribution in [0.5, 0.6) is 0 Å². The number of hydrogen-bond donors (Lipinski definition) is 0. The van der Waals surface area contributed by atoms with Gasteiger partial charge in [-0.25, -0.2) is 9.18 Å². The first kappa shape index (κ1) is 17.7. The maximum absolute atomic E-state index is 14.0. The largest absolute Gasteiger partial charge is 0.444 e. The van der Waals surface area contributed by atoms with Gasteiger partial charge in [0.15, 0.2) is 5.76 Å². The number of aromatic nitrogens is 1. The Kier molecular flexibility index (Phi) is 4.73. The van der Waals surface area contributed by atoms with Gasteiger partial charge < -0.3 is 9.26 Å². The Bertz CT molecular complexity index is 785. The van der Waals surface area contributed by atoms with Crippen LogP contribution in [0, 0.1) is 5.82 Å². The van der Waals surface area contributed by atoms with E-state index in [2.05, 4.69) is 5.16 Å². The monoisotopic (exact) mass is 366 g/mol. The highest BCUT2D eigenvalue weighted by Crippen LogP contribution is 2.35. The van der Waals surface area contributed by atoms with Gasteiger partial charge >= 0.3 is 6.09 Å². The van der Waals surface area contributed by atoms with Crippen molar-refractivity contribution in [2.24, 2.45) is 0 Å². The minimum Gasteiger partial charge on any atom is -0.444 e. The molecule has 0 radical (unpaired) electrons. The summed E-state index contributed by atoms with van der Waals surface area (Å²) in [5.41, 5.74) is 0.258. The lowest BCUT2D eigenvalue weighted by molar-refractivity contribution is 0.0219. The van der Waals surface area contributed by atoms with Crippen molar-refractivity contribution in [3.05, 3.63) is 40.8 Å². The van der Waals surface area contributed by atoms with Gasteiger partial charge in [0.1, 0.15) is 17.1 Å². The van der Waals surface area contributed by atoms with Crippen molar-refractivity contribution in [3.8, 4) is 11.3 Å². The van der Waals surface area contributed by atoms with Gasteiger partial charge in [-0.2, -0.15) is 0 Å². The summed E-state index contributed by atoms with van der Waals surface area (Å²) >= 11 is 5.93. The van der Waals surface area contributed by atoms with Gasteiger partial charge in [-0.1, -0.05) is 16.8 Å². The number of benzene rings is 1. The second-order valence-electron chi connectivity index (χ2n) is 7.07. The number of amides is 1. The molecule has 0 aliphatic carbocycles. The zero-order chi connectivity index (χ0) is 18.2. The van der Waals surface area contributed by atoms with E-state index in [1.165, 1.54) is 18.2 Å². The number of nitrogens with zero attached hydrogens (tertiary/aromatic N) is 2. The Morgan fingerprint density at radius 1 is 1.40 bits per heavy atom. The Morgan fingerprint density at radius 3 is 2.88 bits per heavy atom. The van der Waals surface area contributed by atoms with Crippen molar-refractivity contribution in [2.75, 3.05) is 6.54 Å². The van der Waals surface area contributed by atoms with E-state index >= 15 is 0 Å². The second-order valence-corrected chi connectivity index (χ2v) is 7.51. The number of ether oxygens (including phenoxy) is 1. The number of likely N-dealkylation sites (tertiary alicyclic amines) is 1. The third-order valence-electron chi connectivity index (χ3n) is 3.94. The molecule has 1 amide bonds. The van der Waals surface area contributed by atoms with Gasteiger partial charge in [0.25, 0.3) is 0 Å². The smallest absolute Gasteiger partial charge is 0.410 e. The highest BCUT2D eigenvalue weighted by Gasteiger charge is 2.35. The van der Waals surface area contributed by atoms with Gasteiger partial charge in [-0.3, -0.25) is 4.90 Å². The number of rotatable bonds is 2. The lowest BCUT2D eigenvalue weighted by atomic mass is 10.1. The molecule has 0 spiro atoms. The average Bonchev–Trinajstić information content (AvgIpc) is 3.15. The molecule has 1 aromatic carbocycles. The quantitative estimate of drug-likeness (QED) is 0.732. The van der Waals surface area contributed by atoms with Crippen molar-refractivity contribution in [3.63, 3.8) is 0 Å². The van der Waals surface area contributed by atoms with Crippen LogP contribution in [-0.2, 0) is 4.74 Å². The molecule has 1 aliphatic rings. The Labute approximate surface area is 150 Å². The fourth-order valence-electron chi connectivity index (χ4n) is 2.87. The van der Waals surface area contributed by atoms with E-state index in [0.717, 1.165) is 12.8 Å². The Balaban J connectivity index is 1.84. The van der Waals surface area contributed by atoms with E-state index in [1.54, 1.807) is 11.0 Å². The van der Waals surface area contributed by atoms with E-state index in [4.69, 9.17) is 20.9 Å². The van der Waals surface area contributed by atoms with E-state index in [1.807, 2.05) is 20.8 Å². The summed E-state index contributed by atoms with van der Waals surface area (Å²) < 4.78 is 24.8. The highest BCUT2D eigenvalue weighted by atomic mass is 35.5. The zero-order valence-electron chi connectivity index (χ0n) is 14.4. The predicted octanol–water partition coefficient (Wildman–Crippen LogP) is 5.21. The minimum atomic E-state index is -0.566. The van der Waals surface area contributed by atoms with Crippen molar-refractivity contribution >= 4 is 17.7 Å². The second kappa shape index (κ2) is 6.67. The fourth-order valence-corrected chi connectivity index (χ4v) is 3.04. The Morgan fingerprint density at radius 2 is 2.16 bits per heavy atom. The first-order valence-corrected chi connectivity index (χ1v) is 8.54. The summed E-state index contributed by atoms with van der Waals surface area (Å²) in [6.07, 6.45) is 1.22. The van der Waals surface area contributed by atoms with Crippen LogP contribution < -0.4 is 0 Å². The molecular weight excluding hydrogens is 347 g/mol. The molecule has 2 heterocycles. The summed E-state index contributed by atoms with van der Waals surface area (Å²) in [6.45, 7) is 6.07. The van der Waals surface area contributed by atoms with Crippen LogP contribution in [-0.4, -0.2) is 28.3 Å². The molecule has 0 bridgehead atoms. The lowest BCUT2D eigenvalue weighted by Gasteiger charge is -2.27. The molecule has 0 unspecified atom stereocenters. The van der Waals surface area contributed by atoms with Gasteiger partial charge in [0, 0.05) is 17.6 Å². The predicted molar refractivity (Wildman–Crippen MR) is 91.8 cm³/mol. The number of carbonyl (C=O) groups is 1. The van der Waals surface area contributed by atoms with Crippen LogP contribution in [0.1, 0.15) is 45.3 Å². The normalized spacial score (nSPS) is 17.8. The fraction of sp³-hybridized carbons (Fsp3) is 0.444. The summed E-state index contributed by atoms with van der Waals surface area (Å²) in [5.74, 6) is -0.159. The summed E-state index contributed by atoms with van der Waals surface area (Å²) in [6, 6.07) is 5.65. The maximum atomic E-state index is 14.0. The average molecular weight is 367 g/mol. The van der Waals surface area contributed by atoms with Crippen molar-refractivity contribution < 1.29 is 18.4 Å². The molecule has 1 aromatic heterocycles. The van der Waals surface area contributed by atoms with Crippen molar-refractivity contribution in [1.29, 1.82) is 0 Å². The molecule has 1 saturated heterocycles. The lowest BCUT2D eigenvalue weighted by Crippen LogP contribution is -2.36. The van der Waals surface area contributed by atoms with E-state index in [-0.39, 0.29) is 23.5 Å². The van der Waals surface area contributed by atoms with E-state index < -0.39 is 11.4 Å². The third kappa shape index (κ3) is 3.95. The molecule has 134 valence electrons. The first-order chi connectivity index (χ1) is 11.7. The van der Waals surface area contributed by atoms with Crippen LogP contribution in [0.4, 0.5) is 9.18 Å². The highest BCUT2D eigenvalue weighted by molar-refractivity contribution is 6.30. The molecule has 2 aromatic rings. The number of halogens is 2. The molecule has 1 atom stereocenters. The van der Waals surface area contributed by atoms with Crippen LogP contribution in [0.2, 0.25) is 5.02 Å². The molecule has 25 heavy (non-hydrogen) atoms. The molecular formula is C18H20ClFN2O3. The van der Waals surface area contributed by atoms with Gasteiger partial charge in [-0.05, 0) is 51.8 Å². The minimum absolute atomic E-state index is 0.241. The standard InChI is InChI=1S/C18H20ClFN2O3/c1-18(2,3)24-17(23)22-8-4-5-15(22)14-10-16(25-21-14)12-9-11(19)6-7-13(12)20/h6-7,9-10,15H,4-5,8H2,1-3H3/t15-/m1/s1. The van der Waals surface area contributed by atoms with Crippen molar-refractivity contribution in [1.82, 2.24) is 10.1 Å². The Hall–Kier alpha value is -2.08. The molecule has 7 heteroatoms. The summed E-state index contributed by atoms with van der Waals surface area (Å²) in [7, 11) is 0. The molecule has 0 N–H and O–H groups in total. The zero-order valence-corrected chi connectivity index (χ0v) is 15.1. The van der Waals surface area contributed by atoms with Crippen LogP contribution in [0.15, 0.2) is 28.8 Å². The number of hydrogen-bond acceptors (Lipinski definition) is 4. The summed E-state index contributed by atoms with van der Waals surface area (Å²) in [4.78, 5) is 14.0. The van der Waals surface area contributed by atoms with Gasteiger partial charge in [0.05, 0.1) is 11.6 Å². The van der Waals surface area contributed by atoms with E-state index in [0.29, 0.717) is 17.3 Å². The molecule has 0 saturated carbocycles. The molecule has 3 rings (SSSR count). The van der Waals surface area contributed by atoms with Crippen LogP contribution >= 0.6 is 11.6 Å². The van der Waals surface area contributed by atoms with Crippen LogP contribution in [0.25, 0.3) is 11.3 Å². The maximum Gasteiger partial charge on any atom is 0.410 e. The summed E-state index contributed by atoms with van der Waals surface area (Å²) in [5, 5.41) is 4.45. The topological polar surface area (TPSA) is 55.6 Å². The SMILES string of the molecule is CC(C)(C)OC(=O)N1CCC[C@@H]1c1cc(-c2cc(Cl)ccc2F)on1. The van der Waals surface area contributed by atoms with Gasteiger partial charge in [-0.15, -0.1) is 0 Å². The third-order valence-corrected chi connectivity index (χ3v) is 4.18. The molecule has 1 fully saturated rings. The van der Waals surface area contributed by atoms with Crippen molar-refractivity contribution in [2.45, 2.75) is 45.3 Å². The molecule has 1 aliphatic heterocycles. The molecule has 5 nitrogen and oxygen atoms in total. The van der Waals surface area contributed by atoms with Gasteiger partial charge in [0.2, 0.25) is 0 Å². The van der Waals surface area contributed by atoms with E-state index in [9.17, 15) is 9.18 Å². The van der Waals surface area contributed by atoms with Crippen LogP contribution in [0.3, 0.4) is 0 Å². The number of carbonyl (C=O) groups excluding carboxylic acids is 1. The first-order valence-electron chi connectivity index (χ1n) is 8.16.